The van der Waals surface area contributed by atoms with Gasteiger partial charge in [-0.1, -0.05) is 12.5 Å². The summed E-state index contributed by atoms with van der Waals surface area (Å²) in [5, 5.41) is 3.04. The van der Waals surface area contributed by atoms with Crippen LogP contribution in [0.25, 0.3) is 11.6 Å². The van der Waals surface area contributed by atoms with E-state index in [0.29, 0.717) is 0 Å². The Bertz CT molecular complexity index is 918. The van der Waals surface area contributed by atoms with Gasteiger partial charge in [-0.15, -0.1) is 0 Å². The van der Waals surface area contributed by atoms with Gasteiger partial charge in [-0.3, -0.25) is 4.79 Å². The van der Waals surface area contributed by atoms with Crippen LogP contribution in [0.2, 0.25) is 0 Å². The van der Waals surface area contributed by atoms with Gasteiger partial charge in [0.1, 0.15) is 0 Å². The summed E-state index contributed by atoms with van der Waals surface area (Å²) in [4.78, 5) is 18.6. The van der Waals surface area contributed by atoms with Crippen LogP contribution in [0.1, 0.15) is 60.1 Å². The third-order valence-electron chi connectivity index (χ3n) is 6.55. The van der Waals surface area contributed by atoms with E-state index in [4.69, 9.17) is 0 Å². The molecule has 0 saturated carbocycles. The Morgan fingerprint density at radius 1 is 1.04 bits per heavy atom. The van der Waals surface area contributed by atoms with Crippen LogP contribution in [0.4, 0.5) is 5.69 Å². The SMILES string of the molecule is O=C1Nc2ccc(CCN3CCCCC3)cc2C1=Cc1c[nH]c2c1CCCC2. The molecule has 0 bridgehead atoms. The second kappa shape index (κ2) is 7.59. The molecule has 2 aliphatic heterocycles. The summed E-state index contributed by atoms with van der Waals surface area (Å²) >= 11 is 0. The van der Waals surface area contributed by atoms with Crippen LogP contribution in [0.3, 0.4) is 0 Å². The number of carbonyl (C=O) groups is 1. The maximum atomic E-state index is 12.6. The van der Waals surface area contributed by atoms with E-state index in [2.05, 4.69) is 45.7 Å². The molecule has 0 radical (unpaired) electrons. The van der Waals surface area contributed by atoms with Crippen LogP contribution in [0.5, 0.6) is 0 Å². The Morgan fingerprint density at radius 2 is 1.89 bits per heavy atom. The van der Waals surface area contributed by atoms with E-state index in [1.807, 2.05) is 0 Å². The first-order chi connectivity index (χ1) is 13.8. The topological polar surface area (TPSA) is 48.1 Å². The summed E-state index contributed by atoms with van der Waals surface area (Å²) in [5.41, 5.74) is 8.08. The van der Waals surface area contributed by atoms with Gasteiger partial charge in [-0.2, -0.15) is 0 Å². The molecule has 1 fully saturated rings. The first-order valence-corrected chi connectivity index (χ1v) is 10.9. The van der Waals surface area contributed by atoms with E-state index in [1.165, 1.54) is 67.6 Å². The van der Waals surface area contributed by atoms with Gasteiger partial charge in [0.25, 0.3) is 5.91 Å². The molecule has 0 unspecified atom stereocenters. The van der Waals surface area contributed by atoms with Crippen molar-refractivity contribution < 1.29 is 4.79 Å². The molecule has 1 saturated heterocycles. The average molecular weight is 376 g/mol. The zero-order valence-corrected chi connectivity index (χ0v) is 16.5. The molecule has 2 N–H and O–H groups in total. The molecule has 2 aromatic rings. The van der Waals surface area contributed by atoms with Crippen LogP contribution >= 0.6 is 0 Å². The minimum absolute atomic E-state index is 0.0222. The summed E-state index contributed by atoms with van der Waals surface area (Å²) in [6, 6.07) is 6.47. The normalized spacial score (nSPS) is 20.9. The number of benzene rings is 1. The van der Waals surface area contributed by atoms with Crippen molar-refractivity contribution in [2.24, 2.45) is 0 Å². The molecule has 3 heterocycles. The molecule has 28 heavy (non-hydrogen) atoms. The first kappa shape index (κ1) is 17.7. The zero-order valence-electron chi connectivity index (χ0n) is 16.5. The molecule has 5 rings (SSSR count). The lowest BCUT2D eigenvalue weighted by molar-refractivity contribution is -0.110. The number of amides is 1. The lowest BCUT2D eigenvalue weighted by Gasteiger charge is -2.26. The van der Waals surface area contributed by atoms with Crippen molar-refractivity contribution in [2.45, 2.75) is 51.4 Å². The van der Waals surface area contributed by atoms with E-state index in [-0.39, 0.29) is 5.91 Å². The number of aromatic nitrogens is 1. The minimum atomic E-state index is 0.0222. The smallest absolute Gasteiger partial charge is 0.256 e. The van der Waals surface area contributed by atoms with Gasteiger partial charge in [0, 0.05) is 35.3 Å². The molecule has 0 atom stereocenters. The molecular formula is C24H29N3O. The predicted octanol–water partition coefficient (Wildman–Crippen LogP) is 4.41. The van der Waals surface area contributed by atoms with Crippen molar-refractivity contribution in [3.05, 3.63) is 52.3 Å². The first-order valence-electron chi connectivity index (χ1n) is 10.9. The van der Waals surface area contributed by atoms with Crippen LogP contribution in [-0.4, -0.2) is 35.4 Å². The summed E-state index contributed by atoms with van der Waals surface area (Å²) in [7, 11) is 0. The van der Waals surface area contributed by atoms with E-state index in [9.17, 15) is 4.79 Å². The maximum Gasteiger partial charge on any atom is 0.256 e. The molecule has 0 spiro atoms. The lowest BCUT2D eigenvalue weighted by atomic mass is 9.93. The van der Waals surface area contributed by atoms with Crippen molar-refractivity contribution in [3.8, 4) is 0 Å². The number of likely N-dealkylation sites (tertiary alicyclic amines) is 1. The molecule has 1 aromatic carbocycles. The second-order valence-corrected chi connectivity index (χ2v) is 8.45. The van der Waals surface area contributed by atoms with Gasteiger partial charge < -0.3 is 15.2 Å². The Kier molecular flexibility index (Phi) is 4.81. The van der Waals surface area contributed by atoms with Gasteiger partial charge in [-0.05, 0) is 92.9 Å². The highest BCUT2D eigenvalue weighted by atomic mass is 16.2. The summed E-state index contributed by atoms with van der Waals surface area (Å²) in [6.45, 7) is 3.58. The Morgan fingerprint density at radius 3 is 2.79 bits per heavy atom. The highest BCUT2D eigenvalue weighted by Gasteiger charge is 2.25. The van der Waals surface area contributed by atoms with Gasteiger partial charge >= 0.3 is 0 Å². The molecule has 146 valence electrons. The van der Waals surface area contributed by atoms with Crippen molar-refractivity contribution >= 4 is 23.2 Å². The molecule has 4 nitrogen and oxygen atoms in total. The van der Waals surface area contributed by atoms with Crippen LogP contribution in [0.15, 0.2) is 24.4 Å². The number of piperidine rings is 1. The van der Waals surface area contributed by atoms with Crippen molar-refractivity contribution in [1.29, 1.82) is 0 Å². The Hall–Kier alpha value is -2.33. The van der Waals surface area contributed by atoms with Crippen molar-refractivity contribution in [2.75, 3.05) is 25.0 Å². The third-order valence-corrected chi connectivity index (χ3v) is 6.55. The number of aromatic amines is 1. The van der Waals surface area contributed by atoms with Crippen LogP contribution in [-0.2, 0) is 24.1 Å². The number of fused-ring (bicyclic) bond motifs is 2. The van der Waals surface area contributed by atoms with E-state index in [1.54, 1.807) is 0 Å². The molecule has 1 aromatic heterocycles. The van der Waals surface area contributed by atoms with E-state index >= 15 is 0 Å². The fraction of sp³-hybridized carbons (Fsp3) is 0.458. The standard InChI is InChI=1S/C24H29N3O/c28-24-21(15-18-16-25-22-7-3-2-6-19(18)22)20-14-17(8-9-23(20)26-24)10-13-27-11-4-1-5-12-27/h8-9,14-16,25H,1-7,10-13H2,(H,26,28). The minimum Gasteiger partial charge on any atom is -0.364 e. The fourth-order valence-electron chi connectivity index (χ4n) is 4.92. The number of rotatable bonds is 4. The van der Waals surface area contributed by atoms with Gasteiger partial charge in [-0.25, -0.2) is 0 Å². The quantitative estimate of drug-likeness (QED) is 0.778. The van der Waals surface area contributed by atoms with Gasteiger partial charge in [0.05, 0.1) is 0 Å². The number of H-pyrrole nitrogens is 1. The van der Waals surface area contributed by atoms with E-state index < -0.39 is 0 Å². The summed E-state index contributed by atoms with van der Waals surface area (Å²) in [6.07, 6.45) is 14.0. The summed E-state index contributed by atoms with van der Waals surface area (Å²) in [5.74, 6) is 0.0222. The zero-order chi connectivity index (χ0) is 18.9. The van der Waals surface area contributed by atoms with Crippen molar-refractivity contribution in [1.82, 2.24) is 9.88 Å². The molecular weight excluding hydrogens is 346 g/mol. The summed E-state index contributed by atoms with van der Waals surface area (Å²) < 4.78 is 0. The van der Waals surface area contributed by atoms with E-state index in [0.717, 1.165) is 42.6 Å². The fourth-order valence-corrected chi connectivity index (χ4v) is 4.92. The Labute approximate surface area is 167 Å². The molecule has 1 aliphatic carbocycles. The second-order valence-electron chi connectivity index (χ2n) is 8.45. The van der Waals surface area contributed by atoms with Crippen molar-refractivity contribution in [3.63, 3.8) is 0 Å². The maximum absolute atomic E-state index is 12.6. The third kappa shape index (κ3) is 3.42. The molecule has 1 amide bonds. The van der Waals surface area contributed by atoms with Crippen LogP contribution in [0, 0.1) is 0 Å². The number of anilines is 1. The number of aryl methyl sites for hydroxylation is 1. The number of hydrogen-bond donors (Lipinski definition) is 2. The van der Waals surface area contributed by atoms with Crippen LogP contribution < -0.4 is 5.32 Å². The average Bonchev–Trinajstić information content (AvgIpc) is 3.28. The number of nitrogens with one attached hydrogen (secondary N) is 2. The van der Waals surface area contributed by atoms with Gasteiger partial charge in [0.2, 0.25) is 0 Å². The predicted molar refractivity (Wildman–Crippen MR) is 114 cm³/mol. The highest BCUT2D eigenvalue weighted by Crippen LogP contribution is 2.35. The molecule has 3 aliphatic rings. The number of nitrogens with zero attached hydrogens (tertiary/aromatic N) is 1. The monoisotopic (exact) mass is 375 g/mol. The molecule has 4 heteroatoms. The number of hydrogen-bond acceptors (Lipinski definition) is 2. The highest BCUT2D eigenvalue weighted by molar-refractivity contribution is 6.35. The van der Waals surface area contributed by atoms with Gasteiger partial charge in [0.15, 0.2) is 0 Å². The Balaban J connectivity index is 1.39. The lowest BCUT2D eigenvalue weighted by Crippen LogP contribution is -2.31. The largest absolute Gasteiger partial charge is 0.364 e. The number of carbonyl (C=O) groups excluding carboxylic acids is 1.